The standard InChI is InChI=1S/C31H33N9O2S/c1-39-12-5-7-19(39)17-42-24-14-23(40-13-4-6-18-16-35-38-30(18)40)36-29(37-24)26(33)20-8-2-10-31(27(20)41)11-3-9-22-25(31)21(15-32)28(34)43-22/h4,6,13-14,16,19,33,41H,2-3,5,7-12,17,34H2,1H3/p+1/t19-,31-/m0/s1. The molecule has 0 radical (unpaired) electrons. The van der Waals surface area contributed by atoms with Crippen molar-refractivity contribution in [1.82, 2.24) is 29.6 Å². The van der Waals surface area contributed by atoms with E-state index in [2.05, 4.69) is 28.2 Å². The van der Waals surface area contributed by atoms with Crippen LogP contribution in [0.4, 0.5) is 5.00 Å². The fourth-order valence-corrected chi connectivity index (χ4v) is 8.27. The first-order valence-electron chi connectivity index (χ1n) is 14.8. The van der Waals surface area contributed by atoms with Crippen LogP contribution in [-0.2, 0) is 11.8 Å². The van der Waals surface area contributed by atoms with Crippen LogP contribution in [0.2, 0.25) is 0 Å². The van der Waals surface area contributed by atoms with E-state index in [4.69, 9.17) is 20.4 Å². The van der Waals surface area contributed by atoms with Crippen LogP contribution >= 0.6 is 11.3 Å². The Kier molecular flexibility index (Phi) is 6.86. The first kappa shape index (κ1) is 27.5. The SMILES string of the molecule is CN1CCC[C@H]1COc1cc(-n2cccc3cnnc2-3)nc(C(=N)C2=C([OH2+])[C@@]3(CCC2)CCCc2sc(N)c(C#N)c23)n1. The number of hydrogen-bond acceptors (Lipinski definition) is 10. The third-order valence-corrected chi connectivity index (χ3v) is 10.4. The van der Waals surface area contributed by atoms with Crippen LogP contribution in [0.3, 0.4) is 0 Å². The molecular weight excluding hydrogens is 562 g/mol. The molecule has 0 saturated carbocycles. The van der Waals surface area contributed by atoms with Crippen LogP contribution in [-0.4, -0.2) is 66.7 Å². The number of nitrogen functional groups attached to an aromatic ring is 1. The van der Waals surface area contributed by atoms with Crippen molar-refractivity contribution >= 4 is 22.0 Å². The molecule has 2 aromatic rings. The number of rotatable bonds is 6. The molecule has 3 aliphatic heterocycles. The average molecular weight is 597 g/mol. The number of aryl methyl sites for hydroxylation is 1. The van der Waals surface area contributed by atoms with E-state index in [1.165, 1.54) is 11.3 Å². The summed E-state index contributed by atoms with van der Waals surface area (Å²) in [6, 6.07) is 8.24. The number of nitrogens with two attached hydrogens (primary N) is 1. The molecule has 1 fully saturated rings. The Labute approximate surface area is 253 Å². The summed E-state index contributed by atoms with van der Waals surface area (Å²) >= 11 is 1.47. The van der Waals surface area contributed by atoms with Crippen LogP contribution in [0.15, 0.2) is 41.9 Å². The topological polar surface area (TPSA) is 166 Å². The Bertz CT molecular complexity index is 1770. The highest BCUT2D eigenvalue weighted by atomic mass is 32.1. The maximum Gasteiger partial charge on any atom is 0.245 e. The van der Waals surface area contributed by atoms with Crippen molar-refractivity contribution in [3.05, 3.63) is 63.8 Å². The molecule has 0 bridgehead atoms. The van der Waals surface area contributed by atoms with Crippen LogP contribution < -0.4 is 10.5 Å². The quantitative estimate of drug-likeness (QED) is 0.249. The lowest BCUT2D eigenvalue weighted by Crippen LogP contribution is -2.37. The maximum atomic E-state index is 10.00. The zero-order chi connectivity index (χ0) is 29.7. The van der Waals surface area contributed by atoms with E-state index < -0.39 is 5.41 Å². The molecule has 1 spiro atoms. The third kappa shape index (κ3) is 4.54. The fourth-order valence-electron chi connectivity index (χ4n) is 7.10. The molecule has 2 atom stereocenters. The minimum absolute atomic E-state index is 0.115. The van der Waals surface area contributed by atoms with Crippen LogP contribution in [0, 0.1) is 16.7 Å². The number of nitrogens with one attached hydrogen (secondary N) is 1. The van der Waals surface area contributed by atoms with Crippen molar-refractivity contribution in [2.45, 2.75) is 62.8 Å². The van der Waals surface area contributed by atoms with Crippen LogP contribution in [0.5, 0.6) is 5.88 Å². The summed E-state index contributed by atoms with van der Waals surface area (Å²) in [5.41, 5.74) is 8.67. The largest absolute Gasteiger partial charge is 0.596 e. The Hall–Kier alpha value is -4.34. The molecule has 43 heavy (non-hydrogen) atoms. The summed E-state index contributed by atoms with van der Waals surface area (Å²) in [5.74, 6) is 2.13. The summed E-state index contributed by atoms with van der Waals surface area (Å²) in [6.07, 6.45) is 10.4. The van der Waals surface area contributed by atoms with E-state index in [0.29, 0.717) is 58.5 Å². The molecule has 5 N–H and O–H groups in total. The highest BCUT2D eigenvalue weighted by molar-refractivity contribution is 7.16. The van der Waals surface area contributed by atoms with Crippen LogP contribution in [0.1, 0.15) is 66.8 Å². The first-order chi connectivity index (χ1) is 20.9. The summed E-state index contributed by atoms with van der Waals surface area (Å²) in [4.78, 5) is 13.0. The average Bonchev–Trinajstić information content (AvgIpc) is 3.75. The van der Waals surface area contributed by atoms with Gasteiger partial charge in [-0.05, 0) is 77.1 Å². The minimum atomic E-state index is -0.623. The monoisotopic (exact) mass is 596 g/mol. The highest BCUT2D eigenvalue weighted by Gasteiger charge is 2.50. The Morgan fingerprint density at radius 3 is 2.91 bits per heavy atom. The molecule has 12 heteroatoms. The number of thiophene rings is 1. The van der Waals surface area contributed by atoms with Crippen molar-refractivity contribution in [3.8, 4) is 29.2 Å². The van der Waals surface area contributed by atoms with Gasteiger partial charge in [-0.3, -0.25) is 9.98 Å². The number of aromatic nitrogens is 5. The Morgan fingerprint density at radius 2 is 2.12 bits per heavy atom. The van der Waals surface area contributed by atoms with Gasteiger partial charge >= 0.3 is 0 Å². The number of anilines is 1. The summed E-state index contributed by atoms with van der Waals surface area (Å²) in [7, 11) is 2.11. The van der Waals surface area contributed by atoms with E-state index in [9.17, 15) is 15.8 Å². The first-order valence-corrected chi connectivity index (χ1v) is 15.6. The summed E-state index contributed by atoms with van der Waals surface area (Å²) < 4.78 is 8.09. The number of ether oxygens (including phenoxy) is 1. The van der Waals surface area contributed by atoms with Gasteiger partial charge in [0, 0.05) is 34.3 Å². The minimum Gasteiger partial charge on any atom is -0.596 e. The lowest BCUT2D eigenvalue weighted by molar-refractivity contribution is 0.193. The number of pyridine rings is 1. The van der Waals surface area contributed by atoms with Gasteiger partial charge in [-0.15, -0.1) is 16.4 Å². The second kappa shape index (κ2) is 10.7. The zero-order valence-electron chi connectivity index (χ0n) is 24.1. The molecule has 5 heterocycles. The van der Waals surface area contributed by atoms with E-state index in [-0.39, 0.29) is 11.5 Å². The third-order valence-electron chi connectivity index (χ3n) is 9.32. The number of hydrogen-bond donors (Lipinski definition) is 2. The highest BCUT2D eigenvalue weighted by Crippen LogP contribution is 2.54. The van der Waals surface area contributed by atoms with Gasteiger partial charge in [0.2, 0.25) is 11.6 Å². The fraction of sp³-hybridized carbons (Fsp3) is 0.419. The van der Waals surface area contributed by atoms with Crippen LogP contribution in [0.25, 0.3) is 17.2 Å². The van der Waals surface area contributed by atoms with Gasteiger partial charge in [-0.2, -0.15) is 15.3 Å². The molecule has 1 saturated heterocycles. The van der Waals surface area contributed by atoms with Gasteiger partial charge in [-0.25, -0.2) is 4.98 Å². The molecule has 11 nitrogen and oxygen atoms in total. The number of nitrogens with zero attached hydrogens (tertiary/aromatic N) is 7. The molecule has 7 rings (SSSR count). The Balaban J connectivity index is 1.31. The molecule has 2 aromatic heterocycles. The van der Waals surface area contributed by atoms with Crippen molar-refractivity contribution in [2.24, 2.45) is 0 Å². The van der Waals surface area contributed by atoms with E-state index in [1.54, 1.807) is 12.3 Å². The number of allylic oxidation sites excluding steroid dienone is 2. The van der Waals surface area contributed by atoms with E-state index in [0.717, 1.165) is 67.5 Å². The zero-order valence-corrected chi connectivity index (χ0v) is 24.9. The second-order valence-electron chi connectivity index (χ2n) is 11.7. The number of fused-ring (bicyclic) bond motifs is 3. The van der Waals surface area contributed by atoms with E-state index >= 15 is 0 Å². The summed E-state index contributed by atoms with van der Waals surface area (Å²) in [5, 5.41) is 37.8. The van der Waals surface area contributed by atoms with Crippen molar-refractivity contribution in [3.63, 3.8) is 0 Å². The van der Waals surface area contributed by atoms with Crippen molar-refractivity contribution in [1.29, 1.82) is 10.7 Å². The van der Waals surface area contributed by atoms with Gasteiger partial charge in [0.05, 0.1) is 17.3 Å². The van der Waals surface area contributed by atoms with Gasteiger partial charge in [0.1, 0.15) is 34.6 Å². The second-order valence-corrected chi connectivity index (χ2v) is 12.9. The predicted molar refractivity (Wildman–Crippen MR) is 164 cm³/mol. The number of likely N-dealkylation sites (tertiary alicyclic amines) is 1. The molecule has 5 aliphatic rings. The lowest BCUT2D eigenvalue weighted by atomic mass is 9.63. The molecule has 0 unspecified atom stereocenters. The van der Waals surface area contributed by atoms with E-state index in [1.807, 2.05) is 22.9 Å². The van der Waals surface area contributed by atoms with Gasteiger partial charge in [-0.1, -0.05) is 0 Å². The lowest BCUT2D eigenvalue weighted by Gasteiger charge is -2.38. The summed E-state index contributed by atoms with van der Waals surface area (Å²) in [6.45, 7) is 1.53. The molecule has 2 aliphatic carbocycles. The predicted octanol–water partition coefficient (Wildman–Crippen LogP) is 3.96. The molecular formula is C31H34N9O2S+. The smallest absolute Gasteiger partial charge is 0.245 e. The van der Waals surface area contributed by atoms with Gasteiger partial charge < -0.3 is 20.5 Å². The van der Waals surface area contributed by atoms with Gasteiger partial charge in [0.25, 0.3) is 0 Å². The maximum absolute atomic E-state index is 10.00. The molecule has 220 valence electrons. The van der Waals surface area contributed by atoms with Crippen molar-refractivity contribution < 1.29 is 9.84 Å². The Morgan fingerprint density at radius 1 is 1.28 bits per heavy atom. The molecule has 0 aromatic carbocycles. The van der Waals surface area contributed by atoms with Crippen molar-refractivity contribution in [2.75, 3.05) is 25.9 Å². The molecule has 0 amide bonds. The number of nitriles is 1. The normalized spacial score (nSPS) is 22.2. The van der Waals surface area contributed by atoms with Gasteiger partial charge in [0.15, 0.2) is 11.6 Å². The number of likely N-dealkylation sites (N-methyl/N-ethyl adjacent to an activating group) is 1.